The quantitative estimate of drug-likeness (QED) is 0.345. The highest BCUT2D eigenvalue weighted by Gasteiger charge is 2.40. The Hall–Kier alpha value is -2.40. The molecule has 0 spiro atoms. The monoisotopic (exact) mass is 626 g/mol. The number of piperidine rings is 1. The van der Waals surface area contributed by atoms with Crippen molar-refractivity contribution in [1.29, 1.82) is 0 Å². The van der Waals surface area contributed by atoms with Crippen LogP contribution >= 0.6 is 11.6 Å². The molecule has 2 saturated heterocycles. The van der Waals surface area contributed by atoms with Crippen LogP contribution in [0.5, 0.6) is 0 Å². The van der Waals surface area contributed by atoms with Crippen molar-refractivity contribution in [3.8, 4) is 0 Å². The largest absolute Gasteiger partial charge is 0.490 e. The number of halogens is 4. The molecule has 1 aromatic heterocycles. The molecule has 0 amide bonds. The lowest BCUT2D eigenvalue weighted by molar-refractivity contribution is -0.192. The summed E-state index contributed by atoms with van der Waals surface area (Å²) in [4.78, 5) is 21.5. The zero-order valence-electron chi connectivity index (χ0n) is 25.9. The number of carboxylic acid groups (broad SMARTS) is 1. The van der Waals surface area contributed by atoms with E-state index in [2.05, 4.69) is 71.6 Å². The Labute approximate surface area is 259 Å². The van der Waals surface area contributed by atoms with E-state index in [0.29, 0.717) is 24.0 Å². The minimum Gasteiger partial charge on any atom is -0.475 e. The summed E-state index contributed by atoms with van der Waals surface area (Å²) in [7, 11) is 1.84. The average molecular weight is 627 g/mol. The Balaban J connectivity index is 0.000000646. The van der Waals surface area contributed by atoms with Crippen LogP contribution in [0.15, 0.2) is 48.7 Å². The third-order valence-electron chi connectivity index (χ3n) is 8.27. The summed E-state index contributed by atoms with van der Waals surface area (Å²) < 4.78 is 37.6. The zero-order valence-corrected chi connectivity index (χ0v) is 26.6. The van der Waals surface area contributed by atoms with E-state index in [1.165, 1.54) is 24.8 Å². The van der Waals surface area contributed by atoms with Crippen LogP contribution < -0.4 is 4.90 Å². The summed E-state index contributed by atoms with van der Waals surface area (Å²) >= 11 is 6.21. The van der Waals surface area contributed by atoms with Crippen LogP contribution in [-0.2, 0) is 16.0 Å². The van der Waals surface area contributed by atoms with Gasteiger partial charge in [0.15, 0.2) is 0 Å². The van der Waals surface area contributed by atoms with Crippen molar-refractivity contribution in [3.05, 3.63) is 59.2 Å². The summed E-state index contributed by atoms with van der Waals surface area (Å²) in [5, 5.41) is 7.93. The second kappa shape index (κ2) is 15.5. The van der Waals surface area contributed by atoms with E-state index in [4.69, 9.17) is 26.2 Å². The number of carboxylic acids is 1. The highest BCUT2D eigenvalue weighted by molar-refractivity contribution is 6.30. The van der Waals surface area contributed by atoms with Crippen LogP contribution in [0.25, 0.3) is 0 Å². The number of benzene rings is 1. The van der Waals surface area contributed by atoms with Gasteiger partial charge in [0.25, 0.3) is 0 Å². The van der Waals surface area contributed by atoms with Crippen molar-refractivity contribution in [2.75, 3.05) is 44.7 Å². The molecule has 0 aliphatic carbocycles. The SMILES string of the molecule is COC(C)(C)CN1C[C@H](Cc2ccc(Cl)cc2)N(C2CCN(c3ccccn3)CC2)C[C@@H]1CC(C)C.O=C(O)C(F)(F)F. The van der Waals surface area contributed by atoms with Gasteiger partial charge in [-0.05, 0) is 75.3 Å². The zero-order chi connectivity index (χ0) is 31.8. The fourth-order valence-electron chi connectivity index (χ4n) is 6.04. The molecular weight excluding hydrogens is 581 g/mol. The Morgan fingerprint density at radius 1 is 1.07 bits per heavy atom. The number of hydrogen-bond donors (Lipinski definition) is 1. The summed E-state index contributed by atoms with van der Waals surface area (Å²) in [6.45, 7) is 14.5. The van der Waals surface area contributed by atoms with Gasteiger partial charge in [-0.2, -0.15) is 13.2 Å². The third kappa shape index (κ3) is 10.9. The van der Waals surface area contributed by atoms with Crippen molar-refractivity contribution < 1.29 is 27.8 Å². The van der Waals surface area contributed by atoms with Gasteiger partial charge >= 0.3 is 12.1 Å². The first-order chi connectivity index (χ1) is 20.2. The number of alkyl halides is 3. The normalized spacial score (nSPS) is 21.0. The van der Waals surface area contributed by atoms with Crippen LogP contribution in [-0.4, -0.2) is 95.6 Å². The number of piperazine rings is 1. The number of pyridine rings is 1. The van der Waals surface area contributed by atoms with Gasteiger partial charge in [0.05, 0.1) is 5.60 Å². The highest BCUT2D eigenvalue weighted by Crippen LogP contribution is 2.31. The van der Waals surface area contributed by atoms with Crippen LogP contribution in [0.2, 0.25) is 5.02 Å². The number of aliphatic carboxylic acids is 1. The van der Waals surface area contributed by atoms with E-state index >= 15 is 0 Å². The molecule has 1 aromatic carbocycles. The maximum Gasteiger partial charge on any atom is 0.490 e. The molecule has 2 atom stereocenters. The molecule has 43 heavy (non-hydrogen) atoms. The van der Waals surface area contributed by atoms with Crippen molar-refractivity contribution in [1.82, 2.24) is 14.8 Å². The van der Waals surface area contributed by atoms with Gasteiger partial charge in [0.2, 0.25) is 0 Å². The maximum absolute atomic E-state index is 10.6. The highest BCUT2D eigenvalue weighted by atomic mass is 35.5. The first-order valence-electron chi connectivity index (χ1n) is 14.9. The molecule has 2 aliphatic rings. The van der Waals surface area contributed by atoms with Gasteiger partial charge in [-0.1, -0.05) is 43.6 Å². The second-order valence-electron chi connectivity index (χ2n) is 12.6. The smallest absolute Gasteiger partial charge is 0.475 e. The van der Waals surface area contributed by atoms with E-state index in [1.807, 2.05) is 31.5 Å². The maximum atomic E-state index is 10.6. The first kappa shape index (κ1) is 35.1. The predicted molar refractivity (Wildman–Crippen MR) is 165 cm³/mol. The van der Waals surface area contributed by atoms with Crippen LogP contribution in [0.3, 0.4) is 0 Å². The number of carbonyl (C=O) groups is 1. The van der Waals surface area contributed by atoms with Crippen molar-refractivity contribution >= 4 is 23.4 Å². The van der Waals surface area contributed by atoms with E-state index in [-0.39, 0.29) is 5.60 Å². The fourth-order valence-corrected chi connectivity index (χ4v) is 6.16. The number of methoxy groups -OCH3 is 1. The van der Waals surface area contributed by atoms with Crippen molar-refractivity contribution in [2.24, 2.45) is 5.92 Å². The molecule has 0 bridgehead atoms. The number of hydrogen-bond acceptors (Lipinski definition) is 6. The minimum absolute atomic E-state index is 0.157. The predicted octanol–water partition coefficient (Wildman–Crippen LogP) is 6.41. The van der Waals surface area contributed by atoms with Gasteiger partial charge in [-0.15, -0.1) is 0 Å². The molecular formula is C32H46ClF3N4O3. The van der Waals surface area contributed by atoms with E-state index in [9.17, 15) is 13.2 Å². The Morgan fingerprint density at radius 2 is 1.70 bits per heavy atom. The molecule has 240 valence electrons. The Morgan fingerprint density at radius 3 is 2.21 bits per heavy atom. The molecule has 2 aromatic rings. The molecule has 1 N–H and O–H groups in total. The Bertz CT molecular complexity index is 1130. The number of anilines is 1. The lowest BCUT2D eigenvalue weighted by Gasteiger charge is -2.52. The summed E-state index contributed by atoms with van der Waals surface area (Å²) in [6, 6.07) is 16.3. The van der Waals surface area contributed by atoms with Gasteiger partial charge in [0, 0.05) is 69.2 Å². The van der Waals surface area contributed by atoms with Crippen LogP contribution in [0.4, 0.5) is 19.0 Å². The molecule has 7 nitrogen and oxygen atoms in total. The van der Waals surface area contributed by atoms with Crippen LogP contribution in [0, 0.1) is 5.92 Å². The summed E-state index contributed by atoms with van der Waals surface area (Å²) in [6.07, 6.45) is 1.46. The standard InChI is InChI=1S/C30H45ClN4O.C2HF3O2/c1-23(2)18-27-21-35(26-13-16-33(17-14-26)29-8-6-7-15-32-29)28(19-24-9-11-25(31)12-10-24)20-34(27)22-30(3,4)36-5;3-2(4,5)1(6)7/h6-12,15,23,26-28H,13-14,16-22H2,1-5H3;(H,6,7)/t27-,28-;/m0./s1. The van der Waals surface area contributed by atoms with E-state index in [0.717, 1.165) is 50.0 Å². The lowest BCUT2D eigenvalue weighted by Crippen LogP contribution is -2.64. The average Bonchev–Trinajstić information content (AvgIpc) is 2.95. The molecule has 3 heterocycles. The lowest BCUT2D eigenvalue weighted by atomic mass is 9.90. The fraction of sp³-hybridized carbons (Fsp3) is 0.625. The molecule has 0 saturated carbocycles. The molecule has 11 heteroatoms. The second-order valence-corrected chi connectivity index (χ2v) is 13.0. The van der Waals surface area contributed by atoms with Gasteiger partial charge < -0.3 is 14.7 Å². The van der Waals surface area contributed by atoms with Gasteiger partial charge in [0.1, 0.15) is 5.82 Å². The van der Waals surface area contributed by atoms with Crippen LogP contribution in [0.1, 0.15) is 52.5 Å². The number of ether oxygens (including phenoxy) is 1. The van der Waals surface area contributed by atoms with Gasteiger partial charge in [-0.3, -0.25) is 9.80 Å². The van der Waals surface area contributed by atoms with E-state index in [1.54, 1.807) is 0 Å². The molecule has 0 radical (unpaired) electrons. The summed E-state index contributed by atoms with van der Waals surface area (Å²) in [5.74, 6) is -0.978. The van der Waals surface area contributed by atoms with E-state index < -0.39 is 12.1 Å². The number of rotatable bonds is 9. The molecule has 2 fully saturated rings. The number of aromatic nitrogens is 1. The minimum atomic E-state index is -5.08. The van der Waals surface area contributed by atoms with Crippen molar-refractivity contribution in [2.45, 2.75) is 83.3 Å². The molecule has 0 unspecified atom stereocenters. The topological polar surface area (TPSA) is 69.1 Å². The molecule has 2 aliphatic heterocycles. The third-order valence-corrected chi connectivity index (χ3v) is 8.52. The summed E-state index contributed by atoms with van der Waals surface area (Å²) in [5.41, 5.74) is 1.21. The first-order valence-corrected chi connectivity index (χ1v) is 15.3. The van der Waals surface area contributed by atoms with Gasteiger partial charge in [-0.25, -0.2) is 9.78 Å². The molecule has 4 rings (SSSR count). The Kier molecular flexibility index (Phi) is 12.7. The van der Waals surface area contributed by atoms with Crippen molar-refractivity contribution in [3.63, 3.8) is 0 Å². The number of nitrogens with zero attached hydrogens (tertiary/aromatic N) is 4.